The first kappa shape index (κ1) is 17.9. The molecule has 0 radical (unpaired) electrons. The first-order chi connectivity index (χ1) is 11.1. The largest absolute Gasteiger partial charge is 0.379 e. The van der Waals surface area contributed by atoms with Crippen molar-refractivity contribution in [1.82, 2.24) is 15.5 Å². The number of rotatable bonds is 7. The first-order valence-electron chi connectivity index (χ1n) is 7.95. The van der Waals surface area contributed by atoms with Crippen LogP contribution in [-0.2, 0) is 14.3 Å². The molecule has 23 heavy (non-hydrogen) atoms. The van der Waals surface area contributed by atoms with Gasteiger partial charge in [0.15, 0.2) is 0 Å². The van der Waals surface area contributed by atoms with Crippen molar-refractivity contribution in [3.63, 3.8) is 0 Å². The van der Waals surface area contributed by atoms with E-state index in [1.54, 1.807) is 11.3 Å². The third-order valence-electron chi connectivity index (χ3n) is 3.92. The van der Waals surface area contributed by atoms with Crippen LogP contribution in [0.5, 0.6) is 0 Å². The Morgan fingerprint density at radius 3 is 2.74 bits per heavy atom. The van der Waals surface area contributed by atoms with Crippen LogP contribution in [0.1, 0.15) is 31.2 Å². The fourth-order valence-electron chi connectivity index (χ4n) is 2.62. The quantitative estimate of drug-likeness (QED) is 0.782. The highest BCUT2D eigenvalue weighted by molar-refractivity contribution is 7.10. The molecule has 7 heteroatoms. The molecule has 6 nitrogen and oxygen atoms in total. The molecule has 1 aliphatic heterocycles. The molecule has 0 saturated carbocycles. The number of nitrogens with zero attached hydrogens (tertiary/aromatic N) is 1. The standard InChI is InChI=1S/C16H25N3O3S/c1-12(19-5-7-22-8-6-19)11-17-16(21)10-14(18-13(2)20)15-4-3-9-23-15/h3-4,9,12,14H,5-8,10-11H2,1-2H3,(H,17,21)(H,18,20). The maximum Gasteiger partial charge on any atom is 0.222 e. The second kappa shape index (κ2) is 9.00. The lowest BCUT2D eigenvalue weighted by atomic mass is 10.1. The molecule has 128 valence electrons. The van der Waals surface area contributed by atoms with Crippen LogP contribution in [0.25, 0.3) is 0 Å². The summed E-state index contributed by atoms with van der Waals surface area (Å²) in [5.74, 6) is -0.171. The third-order valence-corrected chi connectivity index (χ3v) is 4.90. The normalized spacial score (nSPS) is 18.2. The molecule has 1 aromatic rings. The van der Waals surface area contributed by atoms with Gasteiger partial charge in [0.05, 0.1) is 25.7 Å². The topological polar surface area (TPSA) is 70.7 Å². The lowest BCUT2D eigenvalue weighted by Crippen LogP contribution is -2.47. The van der Waals surface area contributed by atoms with Crippen LogP contribution >= 0.6 is 11.3 Å². The van der Waals surface area contributed by atoms with E-state index < -0.39 is 0 Å². The van der Waals surface area contributed by atoms with Gasteiger partial charge >= 0.3 is 0 Å². The van der Waals surface area contributed by atoms with Crippen LogP contribution in [0.15, 0.2) is 17.5 Å². The van der Waals surface area contributed by atoms with Crippen LogP contribution in [0.2, 0.25) is 0 Å². The monoisotopic (exact) mass is 339 g/mol. The van der Waals surface area contributed by atoms with Gasteiger partial charge in [0.2, 0.25) is 11.8 Å². The SMILES string of the molecule is CC(=O)NC(CC(=O)NCC(C)N1CCOCC1)c1cccs1. The average Bonchev–Trinajstić information content (AvgIpc) is 3.07. The predicted octanol–water partition coefficient (Wildman–Crippen LogP) is 1.15. The lowest BCUT2D eigenvalue weighted by molar-refractivity contribution is -0.123. The van der Waals surface area contributed by atoms with E-state index in [1.165, 1.54) is 6.92 Å². The summed E-state index contributed by atoms with van der Waals surface area (Å²) in [6.07, 6.45) is 0.260. The number of hydrogen-bond donors (Lipinski definition) is 2. The Labute approximate surface area is 141 Å². The summed E-state index contributed by atoms with van der Waals surface area (Å²) >= 11 is 1.55. The van der Waals surface area contributed by atoms with E-state index >= 15 is 0 Å². The summed E-state index contributed by atoms with van der Waals surface area (Å²) in [6, 6.07) is 3.89. The molecule has 2 rings (SSSR count). The molecule has 2 amide bonds. The summed E-state index contributed by atoms with van der Waals surface area (Å²) in [4.78, 5) is 26.9. The number of nitrogens with one attached hydrogen (secondary N) is 2. The number of ether oxygens (including phenoxy) is 1. The van der Waals surface area contributed by atoms with Crippen LogP contribution in [0, 0.1) is 0 Å². The molecule has 1 saturated heterocycles. The van der Waals surface area contributed by atoms with Crippen molar-refractivity contribution in [2.24, 2.45) is 0 Å². The molecule has 1 aliphatic rings. The highest BCUT2D eigenvalue weighted by atomic mass is 32.1. The highest BCUT2D eigenvalue weighted by Crippen LogP contribution is 2.21. The van der Waals surface area contributed by atoms with E-state index in [0.29, 0.717) is 6.54 Å². The number of thiophene rings is 1. The minimum atomic E-state index is -0.258. The molecular formula is C16H25N3O3S. The summed E-state index contributed by atoms with van der Waals surface area (Å²) in [5.41, 5.74) is 0. The fourth-order valence-corrected chi connectivity index (χ4v) is 3.40. The van der Waals surface area contributed by atoms with Crippen molar-refractivity contribution < 1.29 is 14.3 Å². The third kappa shape index (κ3) is 5.93. The van der Waals surface area contributed by atoms with Crippen molar-refractivity contribution in [2.45, 2.75) is 32.4 Å². The van der Waals surface area contributed by atoms with Crippen molar-refractivity contribution >= 4 is 23.2 Å². The number of carbonyl (C=O) groups excluding carboxylic acids is 2. The average molecular weight is 339 g/mol. The molecule has 2 N–H and O–H groups in total. The molecule has 0 bridgehead atoms. The second-order valence-electron chi connectivity index (χ2n) is 5.77. The Balaban J connectivity index is 1.80. The summed E-state index contributed by atoms with van der Waals surface area (Å²) in [5, 5.41) is 7.77. The van der Waals surface area contributed by atoms with Crippen molar-refractivity contribution in [2.75, 3.05) is 32.8 Å². The maximum absolute atomic E-state index is 12.2. The number of carbonyl (C=O) groups is 2. The molecule has 2 heterocycles. The second-order valence-corrected chi connectivity index (χ2v) is 6.75. The molecule has 2 unspecified atom stereocenters. The van der Waals surface area contributed by atoms with E-state index in [1.807, 2.05) is 17.5 Å². The van der Waals surface area contributed by atoms with Gasteiger partial charge < -0.3 is 15.4 Å². The fraction of sp³-hybridized carbons (Fsp3) is 0.625. The van der Waals surface area contributed by atoms with Gasteiger partial charge in [-0.15, -0.1) is 11.3 Å². The van der Waals surface area contributed by atoms with Gasteiger partial charge in [0, 0.05) is 37.5 Å². The van der Waals surface area contributed by atoms with Crippen molar-refractivity contribution in [1.29, 1.82) is 0 Å². The zero-order valence-electron chi connectivity index (χ0n) is 13.7. The molecule has 1 fully saturated rings. The van der Waals surface area contributed by atoms with Gasteiger partial charge in [-0.25, -0.2) is 0 Å². The van der Waals surface area contributed by atoms with Crippen molar-refractivity contribution in [3.8, 4) is 0 Å². The number of amides is 2. The Morgan fingerprint density at radius 1 is 1.39 bits per heavy atom. The number of hydrogen-bond acceptors (Lipinski definition) is 5. The Bertz CT molecular complexity index is 501. The van der Waals surface area contributed by atoms with Crippen LogP contribution < -0.4 is 10.6 Å². The Kier molecular flexibility index (Phi) is 7.01. The van der Waals surface area contributed by atoms with E-state index in [-0.39, 0.29) is 30.3 Å². The molecular weight excluding hydrogens is 314 g/mol. The molecule has 0 spiro atoms. The van der Waals surface area contributed by atoms with Crippen LogP contribution in [-0.4, -0.2) is 55.6 Å². The zero-order valence-corrected chi connectivity index (χ0v) is 14.5. The number of morpholine rings is 1. The highest BCUT2D eigenvalue weighted by Gasteiger charge is 2.20. The van der Waals surface area contributed by atoms with Gasteiger partial charge in [0.1, 0.15) is 0 Å². The zero-order chi connectivity index (χ0) is 16.7. The van der Waals surface area contributed by atoms with Gasteiger partial charge in [0.25, 0.3) is 0 Å². The molecule has 0 aromatic carbocycles. The summed E-state index contributed by atoms with van der Waals surface area (Å²) in [6.45, 7) is 7.50. The summed E-state index contributed by atoms with van der Waals surface area (Å²) < 4.78 is 5.34. The minimum Gasteiger partial charge on any atom is -0.379 e. The van der Waals surface area contributed by atoms with Gasteiger partial charge in [-0.2, -0.15) is 0 Å². The maximum atomic E-state index is 12.2. The Hall–Kier alpha value is -1.44. The molecule has 0 aliphatic carbocycles. The summed E-state index contributed by atoms with van der Waals surface area (Å²) in [7, 11) is 0. The molecule has 1 aromatic heterocycles. The minimum absolute atomic E-state index is 0.0442. The van der Waals surface area contributed by atoms with Gasteiger partial charge in [-0.3, -0.25) is 14.5 Å². The van der Waals surface area contributed by atoms with Gasteiger partial charge in [-0.1, -0.05) is 6.07 Å². The molecule has 2 atom stereocenters. The smallest absolute Gasteiger partial charge is 0.222 e. The van der Waals surface area contributed by atoms with Crippen LogP contribution in [0.3, 0.4) is 0 Å². The van der Waals surface area contributed by atoms with Gasteiger partial charge in [-0.05, 0) is 18.4 Å². The lowest BCUT2D eigenvalue weighted by Gasteiger charge is -2.32. The first-order valence-corrected chi connectivity index (χ1v) is 8.83. The van der Waals surface area contributed by atoms with E-state index in [0.717, 1.165) is 31.2 Å². The Morgan fingerprint density at radius 2 is 2.13 bits per heavy atom. The van der Waals surface area contributed by atoms with Crippen LogP contribution in [0.4, 0.5) is 0 Å². The van der Waals surface area contributed by atoms with Crippen molar-refractivity contribution in [3.05, 3.63) is 22.4 Å². The van der Waals surface area contributed by atoms with E-state index in [2.05, 4.69) is 22.5 Å². The predicted molar refractivity (Wildman–Crippen MR) is 90.4 cm³/mol. The van der Waals surface area contributed by atoms with E-state index in [4.69, 9.17) is 4.74 Å². The van der Waals surface area contributed by atoms with E-state index in [9.17, 15) is 9.59 Å².